The number of esters is 1. The average Bonchev–Trinajstić information content (AvgIpc) is 2.72. The van der Waals surface area contributed by atoms with E-state index in [1.165, 1.54) is 13.3 Å². The lowest BCUT2D eigenvalue weighted by Crippen LogP contribution is -2.27. The van der Waals surface area contributed by atoms with Gasteiger partial charge in [-0.3, -0.25) is 4.99 Å². The van der Waals surface area contributed by atoms with Crippen LogP contribution in [0.2, 0.25) is 0 Å². The summed E-state index contributed by atoms with van der Waals surface area (Å²) >= 11 is 11.7. The summed E-state index contributed by atoms with van der Waals surface area (Å²) in [5.74, 6) is 0.716. The number of methoxy groups -OCH3 is 1. The minimum atomic E-state index is -0.697. The van der Waals surface area contributed by atoms with Crippen molar-refractivity contribution in [2.24, 2.45) is 4.99 Å². The van der Waals surface area contributed by atoms with Crippen LogP contribution in [0.5, 0.6) is 5.75 Å². The van der Waals surface area contributed by atoms with Gasteiger partial charge in [0.15, 0.2) is 6.04 Å². The lowest BCUT2D eigenvalue weighted by Gasteiger charge is -2.23. The van der Waals surface area contributed by atoms with Crippen LogP contribution < -0.4 is 4.90 Å². The normalized spacial score (nSPS) is 12.1. The van der Waals surface area contributed by atoms with Crippen LogP contribution in [0.25, 0.3) is 0 Å². The Bertz CT molecular complexity index is 775. The van der Waals surface area contributed by atoms with Crippen molar-refractivity contribution in [3.63, 3.8) is 0 Å². The number of hydrogen-bond acceptors (Lipinski definition) is 5. The van der Waals surface area contributed by atoms with E-state index < -0.39 is 12.0 Å². The second-order valence-corrected chi connectivity index (χ2v) is 6.87. The molecule has 0 aliphatic carbocycles. The first-order chi connectivity index (χ1) is 13.6. The number of carbonyl (C=O) groups excluding carboxylic acids is 1. The Morgan fingerprint density at radius 1 is 1.14 bits per heavy atom. The quantitative estimate of drug-likeness (QED) is 0.358. The van der Waals surface area contributed by atoms with Gasteiger partial charge in [0.25, 0.3) is 0 Å². The smallest absolute Gasteiger partial charge is 0.330 e. The number of phenols is 1. The van der Waals surface area contributed by atoms with Crippen LogP contribution in [0.1, 0.15) is 11.1 Å². The number of aromatic hydroxyl groups is 1. The van der Waals surface area contributed by atoms with Crippen LogP contribution >= 0.6 is 23.2 Å². The third-order valence-corrected chi connectivity index (χ3v) is 4.58. The molecule has 0 spiro atoms. The number of hydrogen-bond donors (Lipinski definition) is 1. The summed E-state index contributed by atoms with van der Waals surface area (Å²) in [5, 5.41) is 9.85. The Morgan fingerprint density at radius 3 is 2.36 bits per heavy atom. The van der Waals surface area contributed by atoms with Gasteiger partial charge in [0.2, 0.25) is 0 Å². The van der Waals surface area contributed by atoms with Crippen LogP contribution in [0, 0.1) is 0 Å². The first-order valence-electron chi connectivity index (χ1n) is 8.93. The SMILES string of the molecule is COC(=O)[C@H](Cc1ccc(N(CCCl)CCCl)cc1)N=Cc1ccccc1O. The van der Waals surface area contributed by atoms with Gasteiger partial charge in [-0.05, 0) is 29.8 Å². The zero-order valence-electron chi connectivity index (χ0n) is 15.7. The molecule has 2 aromatic carbocycles. The number of aliphatic imine (C=N–C) groups is 1. The highest BCUT2D eigenvalue weighted by atomic mass is 35.5. The van der Waals surface area contributed by atoms with Gasteiger partial charge in [-0.2, -0.15) is 0 Å². The molecule has 0 amide bonds. The van der Waals surface area contributed by atoms with E-state index in [0.717, 1.165) is 11.3 Å². The van der Waals surface area contributed by atoms with Crippen LogP contribution in [0.4, 0.5) is 5.69 Å². The fourth-order valence-corrected chi connectivity index (χ4v) is 3.15. The van der Waals surface area contributed by atoms with Crippen molar-refractivity contribution < 1.29 is 14.6 Å². The molecular formula is C21H24Cl2N2O3. The molecule has 0 bridgehead atoms. The van der Waals surface area contributed by atoms with Crippen molar-refractivity contribution in [3.05, 3.63) is 59.7 Å². The third-order valence-electron chi connectivity index (χ3n) is 4.24. The van der Waals surface area contributed by atoms with Gasteiger partial charge in [-0.25, -0.2) is 4.79 Å². The molecule has 2 aromatic rings. The number of phenolic OH excluding ortho intramolecular Hbond substituents is 1. The highest BCUT2D eigenvalue weighted by Gasteiger charge is 2.18. The zero-order chi connectivity index (χ0) is 20.4. The summed E-state index contributed by atoms with van der Waals surface area (Å²) in [6.45, 7) is 1.42. The summed E-state index contributed by atoms with van der Waals surface area (Å²) < 4.78 is 4.88. The van der Waals surface area contributed by atoms with E-state index in [-0.39, 0.29) is 5.75 Å². The van der Waals surface area contributed by atoms with Crippen molar-refractivity contribution in [1.29, 1.82) is 0 Å². The van der Waals surface area contributed by atoms with E-state index in [0.29, 0.717) is 36.8 Å². The van der Waals surface area contributed by atoms with E-state index in [1.807, 2.05) is 24.3 Å². The minimum absolute atomic E-state index is 0.109. The molecule has 0 unspecified atom stereocenters. The lowest BCUT2D eigenvalue weighted by molar-refractivity contribution is -0.142. The maximum absolute atomic E-state index is 12.1. The Kier molecular flexibility index (Phi) is 9.11. The van der Waals surface area contributed by atoms with Gasteiger partial charge in [-0.1, -0.05) is 24.3 Å². The van der Waals surface area contributed by atoms with Gasteiger partial charge >= 0.3 is 5.97 Å². The van der Waals surface area contributed by atoms with Crippen LogP contribution in [0.3, 0.4) is 0 Å². The number of carbonyl (C=O) groups is 1. The van der Waals surface area contributed by atoms with Gasteiger partial charge < -0.3 is 14.7 Å². The first-order valence-corrected chi connectivity index (χ1v) is 10.0. The molecule has 1 N–H and O–H groups in total. The summed E-state index contributed by atoms with van der Waals surface area (Å²) in [4.78, 5) is 18.6. The molecule has 0 aliphatic rings. The van der Waals surface area contributed by atoms with Gasteiger partial charge in [0, 0.05) is 48.7 Å². The summed E-state index contributed by atoms with van der Waals surface area (Å²) in [6, 6.07) is 14.0. The summed E-state index contributed by atoms with van der Waals surface area (Å²) in [6.07, 6.45) is 1.88. The molecule has 0 aromatic heterocycles. The van der Waals surface area contributed by atoms with Crippen molar-refractivity contribution in [2.45, 2.75) is 12.5 Å². The number of para-hydroxylation sites is 1. The first kappa shape index (κ1) is 22.1. The molecule has 0 fully saturated rings. The van der Waals surface area contributed by atoms with Gasteiger partial charge in [0.05, 0.1) is 7.11 Å². The number of rotatable bonds is 10. The maximum atomic E-state index is 12.1. The second kappa shape index (κ2) is 11.6. The number of alkyl halides is 2. The molecule has 0 aliphatic heterocycles. The standard InChI is InChI=1S/C21H24Cl2N2O3/c1-28-21(27)19(24-15-17-4-2-3-5-20(17)26)14-16-6-8-18(9-7-16)25(12-10-22)13-11-23/h2-9,15,19,26H,10-14H2,1H3/t19-/m0/s1. The molecule has 1 atom stereocenters. The minimum Gasteiger partial charge on any atom is -0.507 e. The number of benzene rings is 2. The van der Waals surface area contributed by atoms with E-state index in [9.17, 15) is 9.90 Å². The Hall–Kier alpha value is -2.24. The maximum Gasteiger partial charge on any atom is 0.330 e. The van der Waals surface area contributed by atoms with Crippen LogP contribution in [-0.2, 0) is 16.0 Å². The summed E-state index contributed by atoms with van der Waals surface area (Å²) in [5.41, 5.74) is 2.52. The number of anilines is 1. The molecule has 28 heavy (non-hydrogen) atoms. The van der Waals surface area contributed by atoms with Gasteiger partial charge in [0.1, 0.15) is 5.75 Å². The largest absolute Gasteiger partial charge is 0.507 e. The molecule has 0 radical (unpaired) electrons. The predicted octanol–water partition coefficient (Wildman–Crippen LogP) is 3.88. The summed E-state index contributed by atoms with van der Waals surface area (Å²) in [7, 11) is 1.34. The molecule has 2 rings (SSSR count). The molecule has 0 saturated heterocycles. The monoisotopic (exact) mass is 422 g/mol. The Labute approximate surface area is 175 Å². The third kappa shape index (κ3) is 6.43. The molecule has 0 saturated carbocycles. The number of nitrogens with zero attached hydrogens (tertiary/aromatic N) is 2. The van der Waals surface area contributed by atoms with Crippen molar-refractivity contribution in [3.8, 4) is 5.75 Å². The zero-order valence-corrected chi connectivity index (χ0v) is 17.2. The van der Waals surface area contributed by atoms with Crippen molar-refractivity contribution in [1.82, 2.24) is 0 Å². The molecular weight excluding hydrogens is 399 g/mol. The van der Waals surface area contributed by atoms with Crippen LogP contribution in [0.15, 0.2) is 53.5 Å². The predicted molar refractivity (Wildman–Crippen MR) is 115 cm³/mol. The molecule has 7 heteroatoms. The van der Waals surface area contributed by atoms with Crippen molar-refractivity contribution >= 4 is 41.1 Å². The van der Waals surface area contributed by atoms with E-state index in [1.54, 1.807) is 24.3 Å². The highest BCUT2D eigenvalue weighted by Crippen LogP contribution is 2.18. The highest BCUT2D eigenvalue weighted by molar-refractivity contribution is 6.18. The number of halogens is 2. The average molecular weight is 423 g/mol. The van der Waals surface area contributed by atoms with E-state index in [4.69, 9.17) is 27.9 Å². The van der Waals surface area contributed by atoms with E-state index >= 15 is 0 Å². The van der Waals surface area contributed by atoms with E-state index in [2.05, 4.69) is 9.89 Å². The Balaban J connectivity index is 2.14. The Morgan fingerprint density at radius 2 is 1.79 bits per heavy atom. The molecule has 0 heterocycles. The topological polar surface area (TPSA) is 62.1 Å². The number of ether oxygens (including phenoxy) is 1. The molecule has 150 valence electrons. The van der Waals surface area contributed by atoms with Gasteiger partial charge in [-0.15, -0.1) is 23.2 Å². The molecule has 5 nitrogen and oxygen atoms in total. The fourth-order valence-electron chi connectivity index (χ4n) is 2.74. The van der Waals surface area contributed by atoms with Crippen LogP contribution in [-0.4, -0.2) is 55.3 Å². The second-order valence-electron chi connectivity index (χ2n) is 6.11. The fraction of sp³-hybridized carbons (Fsp3) is 0.333. The lowest BCUT2D eigenvalue weighted by atomic mass is 10.1. The van der Waals surface area contributed by atoms with Crippen molar-refractivity contribution in [2.75, 3.05) is 36.9 Å².